The number of rotatable bonds is 3. The number of hydrogen-bond donors (Lipinski definition) is 1. The van der Waals surface area contributed by atoms with Crippen LogP contribution in [-0.2, 0) is 10.7 Å². The Balaban J connectivity index is 2.60. The third-order valence-corrected chi connectivity index (χ3v) is 2.47. The topological polar surface area (TPSA) is 51.2 Å². The lowest BCUT2D eigenvalue weighted by Gasteiger charge is -2.22. The summed E-state index contributed by atoms with van der Waals surface area (Å²) >= 11 is 3.06. The molecule has 1 aromatic rings. The van der Waals surface area contributed by atoms with E-state index >= 15 is 0 Å². The molecule has 1 rings (SSSR count). The van der Waals surface area contributed by atoms with Crippen LogP contribution in [0.1, 0.15) is 26.3 Å². The predicted molar refractivity (Wildman–Crippen MR) is 70.1 cm³/mol. The second-order valence-corrected chi connectivity index (χ2v) is 5.74. The predicted octanol–water partition coefficient (Wildman–Crippen LogP) is 3.46. The van der Waals surface area contributed by atoms with E-state index in [4.69, 9.17) is 4.74 Å². The molecular weight excluding hydrogens is 322 g/mol. The number of carbonyl (C=O) groups is 1. The summed E-state index contributed by atoms with van der Waals surface area (Å²) in [5.74, 6) is -3.20. The first-order valence-corrected chi connectivity index (χ1v) is 6.36. The van der Waals surface area contributed by atoms with Gasteiger partial charge in [-0.25, -0.2) is 9.78 Å². The van der Waals surface area contributed by atoms with Crippen molar-refractivity contribution in [3.8, 4) is 0 Å². The number of pyridine rings is 1. The smallest absolute Gasteiger partial charge is 0.407 e. The van der Waals surface area contributed by atoms with Crippen molar-refractivity contribution in [2.45, 2.75) is 32.3 Å². The van der Waals surface area contributed by atoms with Crippen LogP contribution in [0.4, 0.5) is 13.6 Å². The van der Waals surface area contributed by atoms with Gasteiger partial charge in [0, 0.05) is 11.8 Å². The van der Waals surface area contributed by atoms with Crippen LogP contribution < -0.4 is 5.32 Å². The second kappa shape index (κ2) is 5.81. The molecule has 1 heterocycles. The van der Waals surface area contributed by atoms with Crippen molar-refractivity contribution < 1.29 is 18.3 Å². The van der Waals surface area contributed by atoms with E-state index in [1.54, 1.807) is 20.8 Å². The number of alkyl carbamates (subject to hydrolysis) is 1. The van der Waals surface area contributed by atoms with Crippen LogP contribution in [0.15, 0.2) is 22.9 Å². The van der Waals surface area contributed by atoms with Gasteiger partial charge in [-0.05, 0) is 48.8 Å². The number of nitrogens with zero attached hydrogens (tertiary/aromatic N) is 1. The minimum atomic E-state index is -3.20. The highest BCUT2D eigenvalue weighted by Crippen LogP contribution is 2.27. The van der Waals surface area contributed by atoms with Gasteiger partial charge in [0.15, 0.2) is 0 Å². The normalized spacial score (nSPS) is 12.1. The van der Waals surface area contributed by atoms with E-state index in [9.17, 15) is 13.6 Å². The van der Waals surface area contributed by atoms with Gasteiger partial charge in [-0.1, -0.05) is 0 Å². The second-order valence-electron chi connectivity index (χ2n) is 4.93. The first kappa shape index (κ1) is 15.8. The van der Waals surface area contributed by atoms with Crippen LogP contribution in [0.3, 0.4) is 0 Å². The number of alkyl halides is 2. The van der Waals surface area contributed by atoms with Gasteiger partial charge in [-0.2, -0.15) is 8.78 Å². The standard InChI is InChI=1S/C12H15BrF2N2O2/c1-11(2,3)19-10(18)17-7-12(14,15)8-4-5-9(13)16-6-8/h4-6H,7H2,1-3H3,(H,17,18). The molecular formula is C12H15BrF2N2O2. The third-order valence-electron chi connectivity index (χ3n) is 2.00. The molecule has 19 heavy (non-hydrogen) atoms. The van der Waals surface area contributed by atoms with Gasteiger partial charge in [0.25, 0.3) is 5.92 Å². The number of carbonyl (C=O) groups excluding carboxylic acids is 1. The number of nitrogens with one attached hydrogen (secondary N) is 1. The zero-order valence-corrected chi connectivity index (χ0v) is 12.4. The molecule has 1 amide bonds. The molecule has 0 aliphatic rings. The number of amides is 1. The first-order chi connectivity index (χ1) is 8.60. The van der Waals surface area contributed by atoms with Crippen molar-refractivity contribution in [3.63, 3.8) is 0 Å². The molecule has 7 heteroatoms. The first-order valence-electron chi connectivity index (χ1n) is 5.57. The molecule has 0 saturated heterocycles. The highest BCUT2D eigenvalue weighted by atomic mass is 79.9. The number of hydrogen-bond acceptors (Lipinski definition) is 3. The number of aromatic nitrogens is 1. The van der Waals surface area contributed by atoms with Gasteiger partial charge in [-0.15, -0.1) is 0 Å². The maximum atomic E-state index is 13.8. The minimum Gasteiger partial charge on any atom is -0.444 e. The molecule has 1 N–H and O–H groups in total. The van der Waals surface area contributed by atoms with E-state index in [0.717, 1.165) is 6.20 Å². The Bertz CT molecular complexity index is 444. The van der Waals surface area contributed by atoms with Gasteiger partial charge >= 0.3 is 6.09 Å². The molecule has 0 radical (unpaired) electrons. The van der Waals surface area contributed by atoms with E-state index in [1.165, 1.54) is 12.1 Å². The van der Waals surface area contributed by atoms with E-state index in [-0.39, 0.29) is 5.56 Å². The molecule has 0 spiro atoms. The van der Waals surface area contributed by atoms with Crippen LogP contribution >= 0.6 is 15.9 Å². The summed E-state index contributed by atoms with van der Waals surface area (Å²) in [6.07, 6.45) is 0.179. The van der Waals surface area contributed by atoms with E-state index in [2.05, 4.69) is 20.9 Å². The Labute approximate surface area is 118 Å². The van der Waals surface area contributed by atoms with E-state index < -0.39 is 24.2 Å². The monoisotopic (exact) mass is 336 g/mol. The van der Waals surface area contributed by atoms with Gasteiger partial charge in [0.1, 0.15) is 10.2 Å². The minimum absolute atomic E-state index is 0.272. The molecule has 1 aromatic heterocycles. The molecule has 0 atom stereocenters. The van der Waals surface area contributed by atoms with Crippen molar-refractivity contribution in [2.24, 2.45) is 0 Å². The molecule has 0 aliphatic carbocycles. The fraction of sp³-hybridized carbons (Fsp3) is 0.500. The van der Waals surface area contributed by atoms with Crippen LogP contribution in [-0.4, -0.2) is 23.2 Å². The summed E-state index contributed by atoms with van der Waals surface area (Å²) in [7, 11) is 0. The molecule has 0 bridgehead atoms. The maximum absolute atomic E-state index is 13.8. The summed E-state index contributed by atoms with van der Waals surface area (Å²) in [6, 6.07) is 2.66. The summed E-state index contributed by atoms with van der Waals surface area (Å²) in [5, 5.41) is 2.04. The fourth-order valence-corrected chi connectivity index (χ4v) is 1.43. The summed E-state index contributed by atoms with van der Waals surface area (Å²) in [6.45, 7) is 4.13. The van der Waals surface area contributed by atoms with Crippen LogP contribution in [0.25, 0.3) is 0 Å². The Morgan fingerprint density at radius 1 is 1.42 bits per heavy atom. The van der Waals surface area contributed by atoms with E-state index in [1.807, 2.05) is 5.32 Å². The van der Waals surface area contributed by atoms with E-state index in [0.29, 0.717) is 4.60 Å². The highest BCUT2D eigenvalue weighted by Gasteiger charge is 2.33. The third kappa shape index (κ3) is 5.50. The molecule has 0 aromatic carbocycles. The van der Waals surface area contributed by atoms with Crippen molar-refractivity contribution in [1.29, 1.82) is 0 Å². The van der Waals surface area contributed by atoms with Gasteiger partial charge in [0.2, 0.25) is 0 Å². The lowest BCUT2D eigenvalue weighted by atomic mass is 10.1. The van der Waals surface area contributed by atoms with Gasteiger partial charge in [0.05, 0.1) is 6.54 Å². The Morgan fingerprint density at radius 3 is 2.53 bits per heavy atom. The zero-order valence-electron chi connectivity index (χ0n) is 10.8. The number of halogens is 3. The quantitative estimate of drug-likeness (QED) is 0.860. The Morgan fingerprint density at radius 2 is 2.05 bits per heavy atom. The molecule has 0 fully saturated rings. The summed E-state index contributed by atoms with van der Waals surface area (Å²) in [5.41, 5.74) is -0.995. The molecule has 0 aliphatic heterocycles. The molecule has 0 saturated carbocycles. The fourth-order valence-electron chi connectivity index (χ4n) is 1.19. The van der Waals surface area contributed by atoms with Crippen molar-refractivity contribution in [1.82, 2.24) is 10.3 Å². The van der Waals surface area contributed by atoms with Gasteiger partial charge in [-0.3, -0.25) is 0 Å². The summed E-state index contributed by atoms with van der Waals surface area (Å²) in [4.78, 5) is 15.0. The molecule has 4 nitrogen and oxygen atoms in total. The van der Waals surface area contributed by atoms with Crippen LogP contribution in [0, 0.1) is 0 Å². The van der Waals surface area contributed by atoms with Crippen LogP contribution in [0.5, 0.6) is 0 Å². The number of ether oxygens (including phenoxy) is 1. The average Bonchev–Trinajstić information content (AvgIpc) is 2.25. The molecule has 106 valence electrons. The highest BCUT2D eigenvalue weighted by molar-refractivity contribution is 9.10. The van der Waals surface area contributed by atoms with Crippen molar-refractivity contribution >= 4 is 22.0 Å². The Kier molecular flexibility index (Phi) is 4.84. The SMILES string of the molecule is CC(C)(C)OC(=O)NCC(F)(F)c1ccc(Br)nc1. The van der Waals surface area contributed by atoms with Crippen molar-refractivity contribution in [3.05, 3.63) is 28.5 Å². The Hall–Kier alpha value is -1.24. The van der Waals surface area contributed by atoms with Crippen molar-refractivity contribution in [2.75, 3.05) is 6.54 Å². The average molecular weight is 337 g/mol. The lowest BCUT2D eigenvalue weighted by molar-refractivity contribution is -0.00942. The molecule has 0 unspecified atom stereocenters. The lowest BCUT2D eigenvalue weighted by Crippen LogP contribution is -2.38. The van der Waals surface area contributed by atoms with Crippen LogP contribution in [0.2, 0.25) is 0 Å². The summed E-state index contributed by atoms with van der Waals surface area (Å²) < 4.78 is 32.9. The van der Waals surface area contributed by atoms with Gasteiger partial charge < -0.3 is 10.1 Å². The maximum Gasteiger partial charge on any atom is 0.407 e. The zero-order chi connectivity index (χ0) is 14.7. The largest absolute Gasteiger partial charge is 0.444 e.